The van der Waals surface area contributed by atoms with E-state index < -0.39 is 5.92 Å². The zero-order chi connectivity index (χ0) is 21.5. The summed E-state index contributed by atoms with van der Waals surface area (Å²) in [5.74, 6) is 1.60. The Morgan fingerprint density at radius 1 is 1.30 bits per heavy atom. The molecule has 30 heavy (non-hydrogen) atoms. The van der Waals surface area contributed by atoms with Crippen LogP contribution in [0, 0.1) is 16.7 Å². The number of ketones is 1. The fourth-order valence-corrected chi connectivity index (χ4v) is 4.29. The molecule has 0 unspecified atom stereocenters. The quantitative estimate of drug-likeness (QED) is 0.671. The fraction of sp³-hybridized carbons (Fsp3) is 0.304. The van der Waals surface area contributed by atoms with Gasteiger partial charge in [-0.05, 0) is 35.7 Å². The van der Waals surface area contributed by atoms with Crippen LogP contribution in [0.1, 0.15) is 44.1 Å². The number of nitrogens with two attached hydrogens (primary N) is 1. The van der Waals surface area contributed by atoms with Crippen molar-refractivity contribution in [2.24, 2.45) is 11.1 Å². The van der Waals surface area contributed by atoms with E-state index in [1.54, 1.807) is 12.1 Å². The summed E-state index contributed by atoms with van der Waals surface area (Å²) >= 11 is 3.41. The van der Waals surface area contributed by atoms with Crippen molar-refractivity contribution < 1.29 is 18.7 Å². The van der Waals surface area contributed by atoms with Crippen molar-refractivity contribution in [1.82, 2.24) is 0 Å². The number of nitriles is 1. The largest absolute Gasteiger partial charge is 0.486 e. The van der Waals surface area contributed by atoms with Gasteiger partial charge in [0, 0.05) is 22.9 Å². The number of carbonyl (C=O) groups is 1. The van der Waals surface area contributed by atoms with E-state index in [9.17, 15) is 10.1 Å². The zero-order valence-electron chi connectivity index (χ0n) is 16.7. The first-order valence-corrected chi connectivity index (χ1v) is 10.4. The first-order valence-electron chi connectivity index (χ1n) is 9.58. The van der Waals surface area contributed by atoms with Crippen LogP contribution in [-0.2, 0) is 16.1 Å². The van der Waals surface area contributed by atoms with E-state index in [4.69, 9.17) is 19.6 Å². The molecule has 6 nitrogen and oxygen atoms in total. The number of hydrogen-bond acceptors (Lipinski definition) is 6. The number of nitrogens with zero attached hydrogens (tertiary/aromatic N) is 1. The second-order valence-electron chi connectivity index (χ2n) is 8.25. The number of ether oxygens (including phenoxy) is 2. The van der Waals surface area contributed by atoms with E-state index in [2.05, 4.69) is 22.0 Å². The van der Waals surface area contributed by atoms with Crippen LogP contribution >= 0.6 is 15.9 Å². The van der Waals surface area contributed by atoms with Crippen LogP contribution in [0.25, 0.3) is 0 Å². The zero-order valence-corrected chi connectivity index (χ0v) is 18.3. The predicted molar refractivity (Wildman–Crippen MR) is 113 cm³/mol. The highest BCUT2D eigenvalue weighted by Crippen LogP contribution is 2.48. The lowest BCUT2D eigenvalue weighted by Gasteiger charge is -2.36. The number of Topliss-reactive ketones (excluding diaryl/α,β-unsaturated/α-hetero) is 1. The Morgan fingerprint density at radius 2 is 2.10 bits per heavy atom. The summed E-state index contributed by atoms with van der Waals surface area (Å²) in [4.78, 5) is 13.0. The lowest BCUT2D eigenvalue weighted by molar-refractivity contribution is -0.119. The Bertz CT molecular complexity index is 1120. The lowest BCUT2D eigenvalue weighted by Crippen LogP contribution is -2.33. The Labute approximate surface area is 183 Å². The predicted octanol–water partition coefficient (Wildman–Crippen LogP) is 5.07. The van der Waals surface area contributed by atoms with Crippen LogP contribution in [0.15, 0.2) is 68.1 Å². The smallest absolute Gasteiger partial charge is 0.205 e. The van der Waals surface area contributed by atoms with E-state index in [1.807, 2.05) is 38.1 Å². The van der Waals surface area contributed by atoms with Crippen LogP contribution in [0.2, 0.25) is 0 Å². The third kappa shape index (κ3) is 3.88. The summed E-state index contributed by atoms with van der Waals surface area (Å²) in [6, 6.07) is 13.1. The summed E-state index contributed by atoms with van der Waals surface area (Å²) in [5, 5.41) is 9.68. The third-order valence-corrected chi connectivity index (χ3v) is 5.71. The summed E-state index contributed by atoms with van der Waals surface area (Å²) < 4.78 is 18.4. The molecule has 7 heteroatoms. The van der Waals surface area contributed by atoms with Crippen LogP contribution in [0.4, 0.5) is 0 Å². The van der Waals surface area contributed by atoms with Crippen molar-refractivity contribution in [3.8, 4) is 11.8 Å². The number of rotatable bonds is 4. The minimum atomic E-state index is -0.665. The van der Waals surface area contributed by atoms with Gasteiger partial charge in [0.25, 0.3) is 0 Å². The minimum absolute atomic E-state index is 0.0232. The van der Waals surface area contributed by atoms with Crippen molar-refractivity contribution in [2.45, 2.75) is 39.2 Å². The molecule has 4 rings (SSSR count). The topological polar surface area (TPSA) is 98.5 Å². The molecule has 0 bridgehead atoms. The van der Waals surface area contributed by atoms with Crippen molar-refractivity contribution in [2.75, 3.05) is 0 Å². The average molecular weight is 469 g/mol. The van der Waals surface area contributed by atoms with Gasteiger partial charge >= 0.3 is 0 Å². The molecule has 154 valence electrons. The maximum atomic E-state index is 13.0. The molecule has 1 aliphatic heterocycles. The molecule has 1 aromatic heterocycles. The maximum Gasteiger partial charge on any atom is 0.205 e. The van der Waals surface area contributed by atoms with Crippen molar-refractivity contribution in [1.29, 1.82) is 5.26 Å². The number of halogens is 1. The molecule has 0 fully saturated rings. The second kappa shape index (κ2) is 7.69. The highest BCUT2D eigenvalue weighted by Gasteiger charge is 2.44. The van der Waals surface area contributed by atoms with Crippen LogP contribution in [0.3, 0.4) is 0 Å². The molecule has 1 aromatic carbocycles. The minimum Gasteiger partial charge on any atom is -0.486 e. The number of hydrogen-bond donors (Lipinski definition) is 1. The standard InChI is InChI=1S/C23H21BrN2O4/c1-23(2)9-17(27)21-19(10-23)30-22(26)16(11-25)20(21)18-7-6-15(29-18)12-28-14-5-3-4-13(24)8-14/h3-8,20H,9-10,12,26H2,1-2H3/t20-/m0/s1. The molecule has 0 spiro atoms. The highest BCUT2D eigenvalue weighted by molar-refractivity contribution is 9.10. The summed E-state index contributed by atoms with van der Waals surface area (Å²) in [7, 11) is 0. The molecule has 2 N–H and O–H groups in total. The molecular weight excluding hydrogens is 448 g/mol. The lowest BCUT2D eigenvalue weighted by atomic mass is 9.71. The number of carbonyl (C=O) groups excluding carboxylic acids is 1. The fourth-order valence-electron chi connectivity index (χ4n) is 3.91. The maximum absolute atomic E-state index is 13.0. The van der Waals surface area contributed by atoms with E-state index >= 15 is 0 Å². The van der Waals surface area contributed by atoms with E-state index in [1.165, 1.54) is 0 Å². The molecule has 0 radical (unpaired) electrons. The molecule has 2 heterocycles. The Balaban J connectivity index is 1.64. The van der Waals surface area contributed by atoms with Gasteiger partial charge in [-0.25, -0.2) is 0 Å². The van der Waals surface area contributed by atoms with Crippen molar-refractivity contribution >= 4 is 21.7 Å². The van der Waals surface area contributed by atoms with Gasteiger partial charge in [-0.15, -0.1) is 0 Å². The first kappa shape index (κ1) is 20.3. The Morgan fingerprint density at radius 3 is 2.83 bits per heavy atom. The number of benzene rings is 1. The van der Waals surface area contributed by atoms with E-state index in [0.29, 0.717) is 41.4 Å². The van der Waals surface area contributed by atoms with E-state index in [0.717, 1.165) is 4.47 Å². The molecule has 1 aliphatic carbocycles. The molecular formula is C23H21BrN2O4. The van der Waals surface area contributed by atoms with E-state index in [-0.39, 0.29) is 29.3 Å². The van der Waals surface area contributed by atoms with Crippen molar-refractivity contribution in [3.63, 3.8) is 0 Å². The molecule has 2 aromatic rings. The van der Waals surface area contributed by atoms with Gasteiger partial charge in [0.1, 0.15) is 41.3 Å². The first-order chi connectivity index (χ1) is 14.3. The van der Waals surface area contributed by atoms with Gasteiger partial charge in [-0.2, -0.15) is 5.26 Å². The SMILES string of the molecule is CC1(C)CC(=O)C2=C(C1)OC(N)=C(C#N)[C@H]2c1ccc(COc2cccc(Br)c2)o1. The van der Waals surface area contributed by atoms with Gasteiger partial charge in [-0.1, -0.05) is 35.8 Å². The molecule has 2 aliphatic rings. The summed E-state index contributed by atoms with van der Waals surface area (Å²) in [5.41, 5.74) is 6.46. The van der Waals surface area contributed by atoms with Gasteiger partial charge < -0.3 is 19.6 Å². The number of allylic oxidation sites excluding steroid dienone is 3. The third-order valence-electron chi connectivity index (χ3n) is 5.22. The van der Waals surface area contributed by atoms with Crippen LogP contribution in [-0.4, -0.2) is 5.78 Å². The van der Waals surface area contributed by atoms with Crippen LogP contribution in [0.5, 0.6) is 5.75 Å². The van der Waals surface area contributed by atoms with Crippen LogP contribution < -0.4 is 10.5 Å². The second-order valence-corrected chi connectivity index (χ2v) is 9.17. The van der Waals surface area contributed by atoms with Gasteiger partial charge in [0.2, 0.25) is 5.88 Å². The molecule has 0 amide bonds. The summed E-state index contributed by atoms with van der Waals surface area (Å²) in [6.07, 6.45) is 0.952. The molecule has 1 atom stereocenters. The Hall–Kier alpha value is -2.98. The average Bonchev–Trinajstić information content (AvgIpc) is 3.13. The summed E-state index contributed by atoms with van der Waals surface area (Å²) in [6.45, 7) is 4.24. The monoisotopic (exact) mass is 468 g/mol. The molecule has 0 saturated carbocycles. The normalized spacial score (nSPS) is 20.5. The van der Waals surface area contributed by atoms with Gasteiger partial charge in [-0.3, -0.25) is 4.79 Å². The Kier molecular flexibility index (Phi) is 5.20. The number of furan rings is 1. The van der Waals surface area contributed by atoms with Crippen molar-refractivity contribution in [3.05, 3.63) is 75.2 Å². The highest BCUT2D eigenvalue weighted by atomic mass is 79.9. The van der Waals surface area contributed by atoms with Gasteiger partial charge in [0.15, 0.2) is 5.78 Å². The molecule has 0 saturated heterocycles. The van der Waals surface area contributed by atoms with Gasteiger partial charge in [0.05, 0.1) is 5.92 Å².